The van der Waals surface area contributed by atoms with Crippen LogP contribution in [0.1, 0.15) is 17.0 Å². The number of hydrogen-bond acceptors (Lipinski definition) is 2. The van der Waals surface area contributed by atoms with E-state index in [1.807, 2.05) is 26.4 Å². The summed E-state index contributed by atoms with van der Waals surface area (Å²) >= 11 is 0. The highest BCUT2D eigenvalue weighted by Crippen LogP contribution is 2.08. The van der Waals surface area contributed by atoms with Crippen molar-refractivity contribution in [2.24, 2.45) is 0 Å². The second-order valence-corrected chi connectivity index (χ2v) is 3.95. The first-order valence-corrected chi connectivity index (χ1v) is 5.50. The Hall–Kier alpha value is -1.61. The number of nitrogens with zero attached hydrogens (tertiary/aromatic N) is 2. The number of aryl methyl sites for hydroxylation is 1. The molecule has 1 aromatic carbocycles. The predicted molar refractivity (Wildman–Crippen MR) is 65.3 cm³/mol. The molecule has 3 heteroatoms. The molecule has 0 fully saturated rings. The zero-order valence-electron chi connectivity index (χ0n) is 9.77. The second kappa shape index (κ2) is 4.94. The summed E-state index contributed by atoms with van der Waals surface area (Å²) in [5, 5.41) is 3.16. The molecule has 0 aliphatic rings. The van der Waals surface area contributed by atoms with E-state index in [4.69, 9.17) is 0 Å². The van der Waals surface area contributed by atoms with Crippen molar-refractivity contribution in [2.75, 3.05) is 7.05 Å². The molecular formula is C13H17N3. The summed E-state index contributed by atoms with van der Waals surface area (Å²) in [6, 6.07) is 8.63. The van der Waals surface area contributed by atoms with Gasteiger partial charge in [-0.15, -0.1) is 0 Å². The molecule has 0 atom stereocenters. The molecule has 2 aromatic rings. The molecule has 16 heavy (non-hydrogen) atoms. The van der Waals surface area contributed by atoms with Gasteiger partial charge in [-0.05, 0) is 25.1 Å². The molecule has 0 saturated heterocycles. The highest BCUT2D eigenvalue weighted by molar-refractivity contribution is 5.23. The minimum Gasteiger partial charge on any atom is -0.331 e. The standard InChI is InChI=1S/C13H17N3/c1-11-15-6-7-16(11)10-13-5-3-4-12(8-13)9-14-2/h3-8,14H,9-10H2,1-2H3. The third-order valence-corrected chi connectivity index (χ3v) is 2.65. The van der Waals surface area contributed by atoms with Gasteiger partial charge in [-0.1, -0.05) is 24.3 Å². The minimum atomic E-state index is 0.892. The van der Waals surface area contributed by atoms with Crippen LogP contribution in [-0.2, 0) is 13.1 Å². The third kappa shape index (κ3) is 2.49. The van der Waals surface area contributed by atoms with Crippen molar-refractivity contribution >= 4 is 0 Å². The molecule has 0 saturated carbocycles. The van der Waals surface area contributed by atoms with Gasteiger partial charge in [0, 0.05) is 25.5 Å². The Morgan fingerprint density at radius 2 is 2.12 bits per heavy atom. The lowest BCUT2D eigenvalue weighted by Gasteiger charge is -2.07. The van der Waals surface area contributed by atoms with E-state index in [-0.39, 0.29) is 0 Å². The fourth-order valence-electron chi connectivity index (χ4n) is 1.81. The lowest BCUT2D eigenvalue weighted by Crippen LogP contribution is -2.06. The molecule has 0 aliphatic heterocycles. The van der Waals surface area contributed by atoms with Crippen LogP contribution >= 0.6 is 0 Å². The van der Waals surface area contributed by atoms with Gasteiger partial charge in [0.2, 0.25) is 0 Å². The number of nitrogens with one attached hydrogen (secondary N) is 1. The summed E-state index contributed by atoms with van der Waals surface area (Å²) < 4.78 is 2.15. The zero-order chi connectivity index (χ0) is 11.4. The maximum atomic E-state index is 4.22. The lowest BCUT2D eigenvalue weighted by atomic mass is 10.1. The van der Waals surface area contributed by atoms with Crippen LogP contribution in [0.15, 0.2) is 36.7 Å². The zero-order valence-corrected chi connectivity index (χ0v) is 9.77. The first-order chi connectivity index (χ1) is 7.79. The van der Waals surface area contributed by atoms with E-state index in [0.29, 0.717) is 0 Å². The van der Waals surface area contributed by atoms with Crippen molar-refractivity contribution in [3.05, 3.63) is 53.6 Å². The highest BCUT2D eigenvalue weighted by Gasteiger charge is 1.99. The van der Waals surface area contributed by atoms with Crippen molar-refractivity contribution in [1.82, 2.24) is 14.9 Å². The average Bonchev–Trinajstić information content (AvgIpc) is 2.66. The monoisotopic (exact) mass is 215 g/mol. The number of aromatic nitrogens is 2. The predicted octanol–water partition coefficient (Wildman–Crippen LogP) is 1.96. The Labute approximate surface area is 96.1 Å². The Morgan fingerprint density at radius 1 is 1.31 bits per heavy atom. The Morgan fingerprint density at radius 3 is 2.81 bits per heavy atom. The minimum absolute atomic E-state index is 0.892. The summed E-state index contributed by atoms with van der Waals surface area (Å²) in [5.74, 6) is 1.05. The van der Waals surface area contributed by atoms with Crippen LogP contribution in [-0.4, -0.2) is 16.6 Å². The fourth-order valence-corrected chi connectivity index (χ4v) is 1.81. The van der Waals surface area contributed by atoms with Crippen LogP contribution in [0.4, 0.5) is 0 Å². The van der Waals surface area contributed by atoms with E-state index in [9.17, 15) is 0 Å². The van der Waals surface area contributed by atoms with E-state index in [2.05, 4.69) is 39.1 Å². The summed E-state index contributed by atoms with van der Waals surface area (Å²) in [4.78, 5) is 4.22. The number of hydrogen-bond donors (Lipinski definition) is 1. The van der Waals surface area contributed by atoms with Gasteiger partial charge in [-0.25, -0.2) is 4.98 Å². The molecule has 1 N–H and O–H groups in total. The largest absolute Gasteiger partial charge is 0.331 e. The smallest absolute Gasteiger partial charge is 0.105 e. The van der Waals surface area contributed by atoms with E-state index in [0.717, 1.165) is 18.9 Å². The first-order valence-electron chi connectivity index (χ1n) is 5.50. The molecule has 3 nitrogen and oxygen atoms in total. The summed E-state index contributed by atoms with van der Waals surface area (Å²) in [5.41, 5.74) is 2.63. The molecule has 0 unspecified atom stereocenters. The van der Waals surface area contributed by atoms with Crippen molar-refractivity contribution in [2.45, 2.75) is 20.0 Å². The van der Waals surface area contributed by atoms with Crippen molar-refractivity contribution in [3.8, 4) is 0 Å². The molecule has 0 radical (unpaired) electrons. The lowest BCUT2D eigenvalue weighted by molar-refractivity contribution is 0.756. The SMILES string of the molecule is CNCc1cccc(Cn2ccnc2C)c1. The van der Waals surface area contributed by atoms with E-state index in [1.165, 1.54) is 11.1 Å². The number of rotatable bonds is 4. The quantitative estimate of drug-likeness (QED) is 0.845. The number of imidazole rings is 1. The molecule has 1 heterocycles. The molecule has 0 bridgehead atoms. The topological polar surface area (TPSA) is 29.9 Å². The maximum Gasteiger partial charge on any atom is 0.105 e. The van der Waals surface area contributed by atoms with Gasteiger partial charge in [0.05, 0.1) is 0 Å². The van der Waals surface area contributed by atoms with Crippen LogP contribution < -0.4 is 5.32 Å². The summed E-state index contributed by atoms with van der Waals surface area (Å²) in [6.45, 7) is 3.83. The Balaban J connectivity index is 2.15. The van der Waals surface area contributed by atoms with Crippen LogP contribution in [0.2, 0.25) is 0 Å². The summed E-state index contributed by atoms with van der Waals surface area (Å²) in [6.07, 6.45) is 3.85. The molecule has 84 valence electrons. The second-order valence-electron chi connectivity index (χ2n) is 3.95. The van der Waals surface area contributed by atoms with Gasteiger partial charge in [0.15, 0.2) is 0 Å². The molecule has 1 aromatic heterocycles. The number of benzene rings is 1. The van der Waals surface area contributed by atoms with Crippen LogP contribution in [0, 0.1) is 6.92 Å². The third-order valence-electron chi connectivity index (χ3n) is 2.65. The van der Waals surface area contributed by atoms with Gasteiger partial charge >= 0.3 is 0 Å². The van der Waals surface area contributed by atoms with Crippen molar-refractivity contribution in [1.29, 1.82) is 0 Å². The van der Waals surface area contributed by atoms with Gasteiger partial charge in [0.25, 0.3) is 0 Å². The van der Waals surface area contributed by atoms with Crippen LogP contribution in [0.25, 0.3) is 0 Å². The van der Waals surface area contributed by atoms with E-state index in [1.54, 1.807) is 0 Å². The average molecular weight is 215 g/mol. The molecule has 0 aliphatic carbocycles. The normalized spacial score (nSPS) is 10.6. The molecule has 0 amide bonds. The first kappa shape index (κ1) is 10.9. The maximum absolute atomic E-state index is 4.22. The van der Waals surface area contributed by atoms with Crippen LogP contribution in [0.3, 0.4) is 0 Å². The van der Waals surface area contributed by atoms with Gasteiger partial charge < -0.3 is 9.88 Å². The van der Waals surface area contributed by atoms with Crippen molar-refractivity contribution in [3.63, 3.8) is 0 Å². The van der Waals surface area contributed by atoms with Crippen LogP contribution in [0.5, 0.6) is 0 Å². The van der Waals surface area contributed by atoms with Gasteiger partial charge in [0.1, 0.15) is 5.82 Å². The van der Waals surface area contributed by atoms with E-state index < -0.39 is 0 Å². The Bertz CT molecular complexity index is 460. The van der Waals surface area contributed by atoms with E-state index >= 15 is 0 Å². The fraction of sp³-hybridized carbons (Fsp3) is 0.308. The summed E-state index contributed by atoms with van der Waals surface area (Å²) in [7, 11) is 1.96. The van der Waals surface area contributed by atoms with Gasteiger partial charge in [-0.2, -0.15) is 0 Å². The van der Waals surface area contributed by atoms with Gasteiger partial charge in [-0.3, -0.25) is 0 Å². The Kier molecular flexibility index (Phi) is 3.37. The molecular weight excluding hydrogens is 198 g/mol. The molecule has 0 spiro atoms. The molecule has 2 rings (SSSR count). The highest BCUT2D eigenvalue weighted by atomic mass is 15.0. The van der Waals surface area contributed by atoms with Crippen molar-refractivity contribution < 1.29 is 0 Å².